The first-order valence-electron chi connectivity index (χ1n) is 6.05. The summed E-state index contributed by atoms with van der Waals surface area (Å²) >= 11 is 0. The number of ether oxygens (including phenoxy) is 1. The molecule has 114 valence electrons. The number of anilines is 1. The fourth-order valence-corrected chi connectivity index (χ4v) is 1.46. The minimum atomic E-state index is -2.49. The van der Waals surface area contributed by atoms with E-state index in [1.807, 2.05) is 12.1 Å². The van der Waals surface area contributed by atoms with Crippen molar-refractivity contribution in [2.24, 2.45) is 0 Å². The molecule has 0 radical (unpaired) electrons. The van der Waals surface area contributed by atoms with Gasteiger partial charge in [0.05, 0.1) is 6.61 Å². The highest BCUT2D eigenvalue weighted by Crippen LogP contribution is 2.05. The Morgan fingerprint density at radius 3 is 2.55 bits per heavy atom. The number of rotatable bonds is 8. The third-order valence-electron chi connectivity index (χ3n) is 2.43. The van der Waals surface area contributed by atoms with Crippen LogP contribution in [0.2, 0.25) is 0 Å². The van der Waals surface area contributed by atoms with E-state index >= 15 is 0 Å². The van der Waals surface area contributed by atoms with Gasteiger partial charge < -0.3 is 15.8 Å². The number of nitrogens with one attached hydrogen (secondary N) is 1. The van der Waals surface area contributed by atoms with Gasteiger partial charge in [0.1, 0.15) is 6.61 Å². The molecule has 1 rings (SSSR count). The zero-order chi connectivity index (χ0) is 14.1. The van der Waals surface area contributed by atoms with Crippen molar-refractivity contribution in [2.75, 3.05) is 25.5 Å². The lowest BCUT2D eigenvalue weighted by Gasteiger charge is -2.06. The van der Waals surface area contributed by atoms with Crippen LogP contribution in [0, 0.1) is 0 Å². The van der Waals surface area contributed by atoms with E-state index in [4.69, 9.17) is 5.73 Å². The van der Waals surface area contributed by atoms with Gasteiger partial charge in [-0.1, -0.05) is 12.1 Å². The second kappa shape index (κ2) is 10.4. The lowest BCUT2D eigenvalue weighted by Crippen LogP contribution is -2.26. The van der Waals surface area contributed by atoms with Gasteiger partial charge in [-0.2, -0.15) is 0 Å². The minimum Gasteiger partial charge on any atom is -0.399 e. The van der Waals surface area contributed by atoms with Crippen LogP contribution in [-0.4, -0.2) is 32.1 Å². The van der Waals surface area contributed by atoms with Crippen molar-refractivity contribution in [2.45, 2.75) is 19.3 Å². The second-order valence-electron chi connectivity index (χ2n) is 4.06. The summed E-state index contributed by atoms with van der Waals surface area (Å²) in [6, 6.07) is 7.39. The molecule has 0 aliphatic rings. The van der Waals surface area contributed by atoms with E-state index in [0.29, 0.717) is 18.7 Å². The number of hydrogen-bond donors (Lipinski definition) is 2. The maximum atomic E-state index is 11.7. The van der Waals surface area contributed by atoms with E-state index in [1.54, 1.807) is 12.1 Å². The molecule has 7 heteroatoms. The van der Waals surface area contributed by atoms with Crippen molar-refractivity contribution < 1.29 is 18.3 Å². The number of nitrogens with two attached hydrogens (primary N) is 1. The molecule has 0 bridgehead atoms. The largest absolute Gasteiger partial charge is 0.399 e. The maximum absolute atomic E-state index is 11.7. The van der Waals surface area contributed by atoms with Crippen LogP contribution in [0.1, 0.15) is 12.0 Å². The lowest BCUT2D eigenvalue weighted by atomic mass is 10.1. The molecule has 0 fully saturated rings. The van der Waals surface area contributed by atoms with Gasteiger partial charge in [-0.3, -0.25) is 4.79 Å². The number of benzene rings is 1. The molecule has 0 saturated heterocycles. The second-order valence-corrected chi connectivity index (χ2v) is 4.06. The molecule has 0 aliphatic heterocycles. The lowest BCUT2D eigenvalue weighted by molar-refractivity contribution is -0.122. The highest BCUT2D eigenvalue weighted by atomic mass is 35.5. The van der Waals surface area contributed by atoms with Crippen molar-refractivity contribution in [3.05, 3.63) is 29.8 Å². The summed E-state index contributed by atoms with van der Waals surface area (Å²) in [5.74, 6) is -0.204. The zero-order valence-corrected chi connectivity index (χ0v) is 11.8. The van der Waals surface area contributed by atoms with Crippen LogP contribution in [0.15, 0.2) is 24.3 Å². The number of carbonyl (C=O) groups excluding carboxylic acids is 1. The molecular formula is C13H19ClF2N2O2. The Hall–Kier alpha value is -1.40. The van der Waals surface area contributed by atoms with Crippen molar-refractivity contribution in [3.63, 3.8) is 0 Å². The predicted octanol–water partition coefficient (Wildman–Crippen LogP) is 2.02. The minimum absolute atomic E-state index is 0. The first-order chi connectivity index (χ1) is 9.08. The Labute approximate surface area is 123 Å². The number of nitrogen functional groups attached to an aromatic ring is 1. The summed E-state index contributed by atoms with van der Waals surface area (Å²) in [4.78, 5) is 11.3. The summed E-state index contributed by atoms with van der Waals surface area (Å²) in [5.41, 5.74) is 7.33. The molecule has 0 heterocycles. The monoisotopic (exact) mass is 308 g/mol. The molecule has 0 unspecified atom stereocenters. The zero-order valence-electron chi connectivity index (χ0n) is 11.0. The summed E-state index contributed by atoms with van der Waals surface area (Å²) in [6.07, 6.45) is -1.70. The molecule has 0 saturated carbocycles. The molecule has 3 N–H and O–H groups in total. The predicted molar refractivity (Wildman–Crippen MR) is 76.3 cm³/mol. The van der Waals surface area contributed by atoms with Crippen LogP contribution in [0.25, 0.3) is 0 Å². The van der Waals surface area contributed by atoms with Crippen LogP contribution in [0.3, 0.4) is 0 Å². The topological polar surface area (TPSA) is 64.3 Å². The van der Waals surface area contributed by atoms with Gasteiger partial charge >= 0.3 is 0 Å². The van der Waals surface area contributed by atoms with Crippen molar-refractivity contribution in [1.82, 2.24) is 5.32 Å². The van der Waals surface area contributed by atoms with E-state index in [1.165, 1.54) is 0 Å². The average molecular weight is 309 g/mol. The number of alkyl halides is 2. The van der Waals surface area contributed by atoms with Gasteiger partial charge in [-0.15, -0.1) is 12.4 Å². The molecule has 1 aromatic rings. The standard InChI is InChI=1S/C13H18F2N2O2.ClH/c14-12(15)9-19-8-6-13(18)17-7-5-10-1-3-11(16)4-2-10;/h1-4,12H,5-9,16H2,(H,17,18);1H. The van der Waals surface area contributed by atoms with E-state index in [-0.39, 0.29) is 31.3 Å². The fraction of sp³-hybridized carbons (Fsp3) is 0.462. The summed E-state index contributed by atoms with van der Waals surface area (Å²) in [7, 11) is 0. The maximum Gasteiger partial charge on any atom is 0.261 e. The molecule has 0 spiro atoms. The van der Waals surface area contributed by atoms with E-state index in [9.17, 15) is 13.6 Å². The Morgan fingerprint density at radius 2 is 1.95 bits per heavy atom. The first kappa shape index (κ1) is 18.6. The van der Waals surface area contributed by atoms with Crippen LogP contribution in [0.4, 0.5) is 14.5 Å². The molecule has 0 aromatic heterocycles. The van der Waals surface area contributed by atoms with E-state index in [0.717, 1.165) is 5.56 Å². The third kappa shape index (κ3) is 8.66. The normalized spacial score (nSPS) is 10.2. The van der Waals surface area contributed by atoms with Crippen LogP contribution in [0.5, 0.6) is 0 Å². The highest BCUT2D eigenvalue weighted by Gasteiger charge is 2.04. The Bertz CT molecular complexity index is 388. The van der Waals surface area contributed by atoms with Crippen molar-refractivity contribution in [3.8, 4) is 0 Å². The number of amides is 1. The van der Waals surface area contributed by atoms with Crippen LogP contribution < -0.4 is 11.1 Å². The molecule has 0 aliphatic carbocycles. The van der Waals surface area contributed by atoms with Gasteiger partial charge in [0.25, 0.3) is 6.43 Å². The average Bonchev–Trinajstić information content (AvgIpc) is 2.37. The smallest absolute Gasteiger partial charge is 0.261 e. The van der Waals surface area contributed by atoms with Gasteiger partial charge in [0, 0.05) is 18.7 Å². The van der Waals surface area contributed by atoms with E-state index < -0.39 is 13.0 Å². The fourth-order valence-electron chi connectivity index (χ4n) is 1.46. The summed E-state index contributed by atoms with van der Waals surface area (Å²) in [5, 5.41) is 2.70. The Morgan fingerprint density at radius 1 is 1.30 bits per heavy atom. The van der Waals surface area contributed by atoms with E-state index in [2.05, 4.69) is 10.1 Å². The van der Waals surface area contributed by atoms with Crippen molar-refractivity contribution >= 4 is 24.0 Å². The van der Waals surface area contributed by atoms with Gasteiger partial charge in [-0.05, 0) is 24.1 Å². The summed E-state index contributed by atoms with van der Waals surface area (Å²) < 4.78 is 28.1. The first-order valence-corrected chi connectivity index (χ1v) is 6.05. The van der Waals surface area contributed by atoms with Gasteiger partial charge in [0.15, 0.2) is 0 Å². The number of hydrogen-bond acceptors (Lipinski definition) is 3. The van der Waals surface area contributed by atoms with Crippen LogP contribution >= 0.6 is 12.4 Å². The molecule has 0 atom stereocenters. The highest BCUT2D eigenvalue weighted by molar-refractivity contribution is 5.85. The molecule has 1 amide bonds. The van der Waals surface area contributed by atoms with Gasteiger partial charge in [-0.25, -0.2) is 8.78 Å². The summed E-state index contributed by atoms with van der Waals surface area (Å²) in [6.45, 7) is -0.117. The molecule has 1 aromatic carbocycles. The van der Waals surface area contributed by atoms with Gasteiger partial charge in [0.2, 0.25) is 5.91 Å². The molecular weight excluding hydrogens is 290 g/mol. The molecule has 20 heavy (non-hydrogen) atoms. The van der Waals surface area contributed by atoms with Crippen LogP contribution in [-0.2, 0) is 16.0 Å². The Kier molecular flexibility index (Phi) is 9.67. The Balaban J connectivity index is 0.00000361. The SMILES string of the molecule is Cl.Nc1ccc(CCNC(=O)CCOCC(F)F)cc1. The third-order valence-corrected chi connectivity index (χ3v) is 2.43. The number of carbonyl (C=O) groups is 1. The quantitative estimate of drug-likeness (QED) is 0.570. The number of halogens is 3. The molecule has 4 nitrogen and oxygen atoms in total. The van der Waals surface area contributed by atoms with Crippen molar-refractivity contribution in [1.29, 1.82) is 0 Å².